The maximum absolute atomic E-state index is 11.1. The number of para-hydroxylation sites is 1. The molecule has 0 unspecified atom stereocenters. The van der Waals surface area contributed by atoms with E-state index in [4.69, 9.17) is 14.6 Å². The number of hydrogen-bond acceptors (Lipinski definition) is 3. The third-order valence-electron chi connectivity index (χ3n) is 3.98. The van der Waals surface area contributed by atoms with Crippen LogP contribution in [0.1, 0.15) is 11.1 Å². The van der Waals surface area contributed by atoms with E-state index in [1.807, 2.05) is 48.7 Å². The van der Waals surface area contributed by atoms with Crippen molar-refractivity contribution in [3.8, 4) is 11.5 Å². The molecule has 3 aromatic rings. The molecule has 1 heterocycles. The highest BCUT2D eigenvalue weighted by molar-refractivity contribution is 5.87. The molecule has 2 aromatic carbocycles. The number of rotatable bonds is 6. The van der Waals surface area contributed by atoms with Crippen molar-refractivity contribution in [1.29, 1.82) is 0 Å². The van der Waals surface area contributed by atoms with Crippen LogP contribution in [0.15, 0.2) is 48.7 Å². The zero-order chi connectivity index (χ0) is 17.1. The average molecular weight is 325 g/mol. The highest BCUT2D eigenvalue weighted by atomic mass is 16.5. The molecule has 0 spiro atoms. The van der Waals surface area contributed by atoms with Gasteiger partial charge in [-0.15, -0.1) is 0 Å². The number of fused-ring (bicyclic) bond motifs is 1. The Bertz CT molecular complexity index is 860. The number of carbonyl (C=O) groups is 1. The molecule has 0 aliphatic carbocycles. The third kappa shape index (κ3) is 3.20. The number of aliphatic carboxylic acids is 1. The maximum atomic E-state index is 11.1. The Morgan fingerprint density at radius 1 is 1.08 bits per heavy atom. The second-order valence-corrected chi connectivity index (χ2v) is 5.59. The van der Waals surface area contributed by atoms with E-state index < -0.39 is 5.97 Å². The number of aromatic nitrogens is 1. The molecule has 5 nitrogen and oxygen atoms in total. The Hall–Kier alpha value is -2.95. The van der Waals surface area contributed by atoms with E-state index in [1.165, 1.54) is 0 Å². The Balaban J connectivity index is 2.02. The quantitative estimate of drug-likeness (QED) is 0.755. The van der Waals surface area contributed by atoms with E-state index in [9.17, 15) is 4.79 Å². The van der Waals surface area contributed by atoms with Crippen molar-refractivity contribution in [3.63, 3.8) is 0 Å². The second-order valence-electron chi connectivity index (χ2n) is 5.59. The monoisotopic (exact) mass is 325 g/mol. The van der Waals surface area contributed by atoms with Gasteiger partial charge in [0.1, 0.15) is 11.5 Å². The fourth-order valence-corrected chi connectivity index (χ4v) is 2.91. The van der Waals surface area contributed by atoms with Crippen LogP contribution in [0.4, 0.5) is 0 Å². The molecular formula is C19H19NO4. The molecule has 3 rings (SSSR count). The van der Waals surface area contributed by atoms with Crippen LogP contribution < -0.4 is 9.47 Å². The van der Waals surface area contributed by atoms with E-state index in [2.05, 4.69) is 4.57 Å². The first-order valence-corrected chi connectivity index (χ1v) is 7.61. The summed E-state index contributed by atoms with van der Waals surface area (Å²) in [5.74, 6) is 0.624. The van der Waals surface area contributed by atoms with Crippen molar-refractivity contribution in [2.45, 2.75) is 13.0 Å². The van der Waals surface area contributed by atoms with Crippen LogP contribution in [0, 0.1) is 0 Å². The molecule has 0 atom stereocenters. The highest BCUT2D eigenvalue weighted by Crippen LogP contribution is 2.26. The van der Waals surface area contributed by atoms with Crippen LogP contribution in [0.3, 0.4) is 0 Å². The van der Waals surface area contributed by atoms with Gasteiger partial charge in [0.25, 0.3) is 0 Å². The van der Waals surface area contributed by atoms with Gasteiger partial charge in [0, 0.05) is 29.7 Å². The molecule has 0 saturated carbocycles. The highest BCUT2D eigenvalue weighted by Gasteiger charge is 2.12. The van der Waals surface area contributed by atoms with Crippen LogP contribution in [-0.4, -0.2) is 29.9 Å². The van der Waals surface area contributed by atoms with E-state index in [1.54, 1.807) is 14.2 Å². The fraction of sp³-hybridized carbons (Fsp3) is 0.211. The lowest BCUT2D eigenvalue weighted by atomic mass is 10.1. The number of hydrogen-bond donors (Lipinski definition) is 1. The van der Waals surface area contributed by atoms with E-state index in [0.29, 0.717) is 6.54 Å². The number of methoxy groups -OCH3 is 2. The Morgan fingerprint density at radius 3 is 2.38 bits per heavy atom. The SMILES string of the molecule is COc1cc(Cn2cc(CC(=O)O)c3ccccc32)cc(OC)c1. The summed E-state index contributed by atoms with van der Waals surface area (Å²) in [6.45, 7) is 0.605. The minimum Gasteiger partial charge on any atom is -0.497 e. The van der Waals surface area contributed by atoms with Crippen molar-refractivity contribution in [3.05, 3.63) is 59.8 Å². The van der Waals surface area contributed by atoms with E-state index in [-0.39, 0.29) is 6.42 Å². The summed E-state index contributed by atoms with van der Waals surface area (Å²) in [5, 5.41) is 10.1. The third-order valence-corrected chi connectivity index (χ3v) is 3.98. The van der Waals surface area contributed by atoms with Crippen molar-refractivity contribution in [2.75, 3.05) is 14.2 Å². The molecule has 0 aliphatic heterocycles. The molecule has 1 N–H and O–H groups in total. The van der Waals surface area contributed by atoms with Gasteiger partial charge in [-0.25, -0.2) is 0 Å². The molecule has 24 heavy (non-hydrogen) atoms. The van der Waals surface area contributed by atoms with Gasteiger partial charge in [-0.2, -0.15) is 0 Å². The van der Waals surface area contributed by atoms with Crippen molar-refractivity contribution < 1.29 is 19.4 Å². The van der Waals surface area contributed by atoms with Gasteiger partial charge in [-0.3, -0.25) is 4.79 Å². The maximum Gasteiger partial charge on any atom is 0.307 e. The predicted octanol–water partition coefficient (Wildman–Crippen LogP) is 3.33. The Labute approximate surface area is 140 Å². The van der Waals surface area contributed by atoms with Crippen molar-refractivity contribution in [2.24, 2.45) is 0 Å². The van der Waals surface area contributed by atoms with Crippen LogP contribution >= 0.6 is 0 Å². The van der Waals surface area contributed by atoms with Crippen LogP contribution in [0.5, 0.6) is 11.5 Å². The van der Waals surface area contributed by atoms with Crippen molar-refractivity contribution in [1.82, 2.24) is 4.57 Å². The summed E-state index contributed by atoms with van der Waals surface area (Å²) in [6.07, 6.45) is 1.92. The normalized spacial score (nSPS) is 10.8. The smallest absolute Gasteiger partial charge is 0.307 e. The van der Waals surface area contributed by atoms with E-state index in [0.717, 1.165) is 33.5 Å². The zero-order valence-electron chi connectivity index (χ0n) is 13.7. The molecule has 0 amide bonds. The van der Waals surface area contributed by atoms with Gasteiger partial charge in [-0.05, 0) is 29.3 Å². The molecular weight excluding hydrogens is 306 g/mol. The van der Waals surface area contributed by atoms with Gasteiger partial charge in [0.05, 0.1) is 20.6 Å². The van der Waals surface area contributed by atoms with Gasteiger partial charge >= 0.3 is 5.97 Å². The van der Waals surface area contributed by atoms with Crippen LogP contribution in [0.2, 0.25) is 0 Å². The summed E-state index contributed by atoms with van der Waals surface area (Å²) in [5.41, 5.74) is 2.84. The largest absolute Gasteiger partial charge is 0.497 e. The Morgan fingerprint density at radius 2 is 1.75 bits per heavy atom. The lowest BCUT2D eigenvalue weighted by molar-refractivity contribution is -0.136. The molecule has 0 bridgehead atoms. The van der Waals surface area contributed by atoms with Crippen LogP contribution in [0.25, 0.3) is 10.9 Å². The number of benzene rings is 2. The van der Waals surface area contributed by atoms with Gasteiger partial charge in [0.15, 0.2) is 0 Å². The standard InChI is InChI=1S/C19H19NO4/c1-23-15-7-13(8-16(10-15)24-2)11-20-12-14(9-19(21)22)17-5-3-4-6-18(17)20/h3-8,10,12H,9,11H2,1-2H3,(H,21,22). The molecule has 5 heteroatoms. The topological polar surface area (TPSA) is 60.7 Å². The minimum atomic E-state index is -0.832. The average Bonchev–Trinajstić information content (AvgIpc) is 2.91. The number of nitrogens with zero attached hydrogens (tertiary/aromatic N) is 1. The lowest BCUT2D eigenvalue weighted by Crippen LogP contribution is -2.01. The zero-order valence-corrected chi connectivity index (χ0v) is 13.7. The van der Waals surface area contributed by atoms with Crippen LogP contribution in [-0.2, 0) is 17.8 Å². The predicted molar refractivity (Wildman–Crippen MR) is 91.9 cm³/mol. The lowest BCUT2D eigenvalue weighted by Gasteiger charge is -2.10. The molecule has 0 radical (unpaired) electrons. The second kappa shape index (κ2) is 6.66. The van der Waals surface area contributed by atoms with Gasteiger partial charge in [-0.1, -0.05) is 18.2 Å². The Kier molecular flexibility index (Phi) is 4.42. The summed E-state index contributed by atoms with van der Waals surface area (Å²) in [7, 11) is 3.24. The molecule has 0 saturated heterocycles. The van der Waals surface area contributed by atoms with Gasteiger partial charge < -0.3 is 19.1 Å². The minimum absolute atomic E-state index is 0.00887. The van der Waals surface area contributed by atoms with Gasteiger partial charge in [0.2, 0.25) is 0 Å². The number of carboxylic acids is 1. The number of ether oxygens (including phenoxy) is 2. The summed E-state index contributed by atoms with van der Waals surface area (Å²) in [4.78, 5) is 11.1. The molecule has 0 aliphatic rings. The molecule has 1 aromatic heterocycles. The first kappa shape index (κ1) is 15.9. The summed E-state index contributed by atoms with van der Waals surface area (Å²) >= 11 is 0. The molecule has 124 valence electrons. The molecule has 0 fully saturated rings. The fourth-order valence-electron chi connectivity index (χ4n) is 2.91. The first-order chi connectivity index (χ1) is 11.6. The first-order valence-electron chi connectivity index (χ1n) is 7.61. The van der Waals surface area contributed by atoms with E-state index >= 15 is 0 Å². The van der Waals surface area contributed by atoms with Crippen molar-refractivity contribution >= 4 is 16.9 Å². The number of carboxylic acid groups (broad SMARTS) is 1. The summed E-state index contributed by atoms with van der Waals surface area (Å²) < 4.78 is 12.7. The summed E-state index contributed by atoms with van der Waals surface area (Å²) in [6, 6.07) is 13.6.